The first kappa shape index (κ1) is 20.9. The molecule has 28 heavy (non-hydrogen) atoms. The van der Waals surface area contributed by atoms with Crippen LogP contribution in [0.15, 0.2) is 18.2 Å². The third-order valence-electron chi connectivity index (χ3n) is 6.80. The molecule has 2 aliphatic carbocycles. The number of methoxy groups -OCH3 is 1. The van der Waals surface area contributed by atoms with Crippen LogP contribution < -0.4 is 10.5 Å². The van der Waals surface area contributed by atoms with E-state index in [2.05, 4.69) is 0 Å². The summed E-state index contributed by atoms with van der Waals surface area (Å²) in [6.07, 6.45) is 3.44. The lowest BCUT2D eigenvalue weighted by Gasteiger charge is -2.38. The van der Waals surface area contributed by atoms with Crippen molar-refractivity contribution in [1.82, 2.24) is 9.80 Å². The molecule has 0 spiro atoms. The van der Waals surface area contributed by atoms with Gasteiger partial charge in [0.05, 0.1) is 13.0 Å². The second-order valence-electron chi connectivity index (χ2n) is 8.24. The zero-order chi connectivity index (χ0) is 19.1. The van der Waals surface area contributed by atoms with Crippen molar-refractivity contribution in [2.75, 3.05) is 33.3 Å². The van der Waals surface area contributed by atoms with E-state index in [1.54, 1.807) is 13.2 Å². The molecular weight excluding hydrogens is 378 g/mol. The third kappa shape index (κ3) is 3.60. The fourth-order valence-electron chi connectivity index (χ4n) is 5.18. The van der Waals surface area contributed by atoms with Crippen molar-refractivity contribution in [3.63, 3.8) is 0 Å². The van der Waals surface area contributed by atoms with Gasteiger partial charge in [-0.25, -0.2) is 0 Å². The molecule has 0 aromatic heterocycles. The first-order valence-electron chi connectivity index (χ1n) is 9.98. The van der Waals surface area contributed by atoms with Gasteiger partial charge in [0, 0.05) is 37.8 Å². The van der Waals surface area contributed by atoms with Gasteiger partial charge in [-0.05, 0) is 55.7 Å². The maximum absolute atomic E-state index is 13.0. The van der Waals surface area contributed by atoms with Crippen molar-refractivity contribution in [3.05, 3.63) is 29.3 Å². The van der Waals surface area contributed by atoms with Crippen LogP contribution >= 0.6 is 12.4 Å². The van der Waals surface area contributed by atoms with E-state index < -0.39 is 0 Å². The minimum Gasteiger partial charge on any atom is -0.496 e. The molecule has 4 atom stereocenters. The van der Waals surface area contributed by atoms with E-state index in [4.69, 9.17) is 10.5 Å². The molecule has 4 rings (SSSR count). The molecule has 1 aromatic rings. The summed E-state index contributed by atoms with van der Waals surface area (Å²) in [5.74, 6) is 1.92. The first-order valence-corrected chi connectivity index (χ1v) is 9.98. The summed E-state index contributed by atoms with van der Waals surface area (Å²) in [4.78, 5) is 29.6. The molecule has 154 valence electrons. The Kier molecular flexibility index (Phi) is 6.20. The van der Waals surface area contributed by atoms with Crippen LogP contribution in [-0.4, -0.2) is 60.9 Å². The number of aryl methyl sites for hydroxylation is 1. The number of carbonyl (C=O) groups excluding carboxylic acids is 2. The van der Waals surface area contributed by atoms with Crippen molar-refractivity contribution >= 4 is 24.2 Å². The topological polar surface area (TPSA) is 75.9 Å². The second kappa shape index (κ2) is 8.29. The Balaban J connectivity index is 0.00000225. The molecule has 1 aliphatic heterocycles. The van der Waals surface area contributed by atoms with E-state index >= 15 is 0 Å². The van der Waals surface area contributed by atoms with Gasteiger partial charge >= 0.3 is 0 Å². The molecule has 1 saturated heterocycles. The van der Waals surface area contributed by atoms with E-state index in [1.165, 1.54) is 6.42 Å². The Bertz CT molecular complexity index is 746. The van der Waals surface area contributed by atoms with Crippen LogP contribution in [0.2, 0.25) is 0 Å². The van der Waals surface area contributed by atoms with Crippen LogP contribution in [0.1, 0.15) is 35.2 Å². The lowest BCUT2D eigenvalue weighted by atomic mass is 9.84. The SMILES string of the molecule is COc1cc(C(=O)N2CCN(C(=O)C3C4CCC(C4)C3N)CC2)ccc1C.Cl. The fraction of sp³-hybridized carbons (Fsp3) is 0.619. The predicted molar refractivity (Wildman–Crippen MR) is 110 cm³/mol. The highest BCUT2D eigenvalue weighted by atomic mass is 35.5. The summed E-state index contributed by atoms with van der Waals surface area (Å²) in [6.45, 7) is 4.27. The van der Waals surface area contributed by atoms with Gasteiger partial charge in [0.2, 0.25) is 5.91 Å². The molecule has 2 N–H and O–H groups in total. The van der Waals surface area contributed by atoms with Gasteiger partial charge in [0.1, 0.15) is 5.75 Å². The lowest BCUT2D eigenvalue weighted by molar-refractivity contribution is -0.139. The van der Waals surface area contributed by atoms with Crippen molar-refractivity contribution in [2.45, 2.75) is 32.2 Å². The van der Waals surface area contributed by atoms with Crippen molar-refractivity contribution in [1.29, 1.82) is 0 Å². The maximum Gasteiger partial charge on any atom is 0.254 e. The Labute approximate surface area is 172 Å². The number of nitrogens with zero attached hydrogens (tertiary/aromatic N) is 2. The van der Waals surface area contributed by atoms with Gasteiger partial charge in [0.15, 0.2) is 0 Å². The van der Waals surface area contributed by atoms with E-state index in [0.29, 0.717) is 43.6 Å². The first-order chi connectivity index (χ1) is 13.0. The standard InChI is InChI=1S/C21H29N3O3.ClH/c1-13-3-4-16(12-17(13)27-2)20(25)23-7-9-24(10-8-23)21(26)18-14-5-6-15(11-14)19(18)22;/h3-4,12,14-15,18-19H,5-11,22H2,1-2H3;1H. The van der Waals surface area contributed by atoms with E-state index in [9.17, 15) is 9.59 Å². The van der Waals surface area contributed by atoms with Crippen LogP contribution in [0.3, 0.4) is 0 Å². The number of hydrogen-bond acceptors (Lipinski definition) is 4. The molecule has 2 saturated carbocycles. The van der Waals surface area contributed by atoms with Crippen LogP contribution in [0.4, 0.5) is 0 Å². The molecule has 0 radical (unpaired) electrons. The minimum atomic E-state index is -0.00707. The van der Waals surface area contributed by atoms with Gasteiger partial charge in [-0.3, -0.25) is 9.59 Å². The van der Waals surface area contributed by atoms with Gasteiger partial charge in [-0.1, -0.05) is 6.07 Å². The summed E-state index contributed by atoms with van der Waals surface area (Å²) < 4.78 is 5.33. The number of fused-ring (bicyclic) bond motifs is 2. The summed E-state index contributed by atoms with van der Waals surface area (Å²) in [5.41, 5.74) is 7.98. The lowest BCUT2D eigenvalue weighted by Crippen LogP contribution is -2.54. The van der Waals surface area contributed by atoms with Gasteiger partial charge in [0.25, 0.3) is 5.91 Å². The zero-order valence-corrected chi connectivity index (χ0v) is 17.4. The molecule has 2 amide bonds. The predicted octanol–water partition coefficient (Wildman–Crippen LogP) is 2.08. The van der Waals surface area contributed by atoms with Gasteiger partial charge < -0.3 is 20.3 Å². The van der Waals surface area contributed by atoms with Crippen LogP contribution in [0.25, 0.3) is 0 Å². The number of nitrogens with two attached hydrogens (primary N) is 1. The van der Waals surface area contributed by atoms with Crippen LogP contribution in [0, 0.1) is 24.7 Å². The highest BCUT2D eigenvalue weighted by Gasteiger charge is 2.50. The molecular formula is C21H30ClN3O3. The van der Waals surface area contributed by atoms with Gasteiger partial charge in [-0.15, -0.1) is 12.4 Å². The Hall–Kier alpha value is -1.79. The smallest absolute Gasteiger partial charge is 0.254 e. The Morgan fingerprint density at radius 3 is 2.32 bits per heavy atom. The number of hydrogen-bond donors (Lipinski definition) is 1. The second-order valence-corrected chi connectivity index (χ2v) is 8.24. The van der Waals surface area contributed by atoms with Crippen LogP contribution in [0.5, 0.6) is 5.75 Å². The third-order valence-corrected chi connectivity index (χ3v) is 6.80. The number of ether oxygens (including phenoxy) is 1. The highest BCUT2D eigenvalue weighted by Crippen LogP contribution is 2.48. The molecule has 3 fully saturated rings. The average Bonchev–Trinajstić information content (AvgIpc) is 3.29. The summed E-state index contributed by atoms with van der Waals surface area (Å²) >= 11 is 0. The van der Waals surface area contributed by atoms with E-state index in [1.807, 2.05) is 28.9 Å². The Morgan fingerprint density at radius 2 is 1.71 bits per heavy atom. The summed E-state index contributed by atoms with van der Waals surface area (Å²) in [7, 11) is 1.61. The van der Waals surface area contributed by atoms with E-state index in [-0.39, 0.29) is 36.2 Å². The Morgan fingerprint density at radius 1 is 1.07 bits per heavy atom. The summed E-state index contributed by atoms with van der Waals surface area (Å²) in [5, 5.41) is 0. The van der Waals surface area contributed by atoms with Crippen molar-refractivity contribution in [2.24, 2.45) is 23.5 Å². The van der Waals surface area contributed by atoms with Crippen molar-refractivity contribution in [3.8, 4) is 5.75 Å². The molecule has 7 heteroatoms. The summed E-state index contributed by atoms with van der Waals surface area (Å²) in [6, 6.07) is 5.56. The monoisotopic (exact) mass is 407 g/mol. The van der Waals surface area contributed by atoms with Gasteiger partial charge in [-0.2, -0.15) is 0 Å². The number of carbonyl (C=O) groups is 2. The highest BCUT2D eigenvalue weighted by molar-refractivity contribution is 5.95. The maximum atomic E-state index is 13.0. The number of benzene rings is 1. The molecule has 2 bridgehead atoms. The zero-order valence-electron chi connectivity index (χ0n) is 16.6. The number of rotatable bonds is 3. The number of piperazine rings is 1. The number of amides is 2. The molecule has 4 unspecified atom stereocenters. The largest absolute Gasteiger partial charge is 0.496 e. The molecule has 6 nitrogen and oxygen atoms in total. The average molecular weight is 408 g/mol. The number of halogens is 1. The quantitative estimate of drug-likeness (QED) is 0.832. The van der Waals surface area contributed by atoms with E-state index in [0.717, 1.165) is 24.2 Å². The van der Waals surface area contributed by atoms with Crippen LogP contribution in [-0.2, 0) is 4.79 Å². The molecule has 1 heterocycles. The fourth-order valence-corrected chi connectivity index (χ4v) is 5.18. The normalized spacial score (nSPS) is 28.8. The molecule has 1 aromatic carbocycles. The molecule has 3 aliphatic rings. The van der Waals surface area contributed by atoms with Crippen molar-refractivity contribution < 1.29 is 14.3 Å². The minimum absolute atomic E-state index is 0.